The van der Waals surface area contributed by atoms with Crippen molar-refractivity contribution >= 4 is 29.9 Å². The fourth-order valence-corrected chi connectivity index (χ4v) is 3.41. The van der Waals surface area contributed by atoms with Crippen LogP contribution in [0.3, 0.4) is 0 Å². The molecule has 0 aromatic heterocycles. The molecule has 1 fully saturated rings. The van der Waals surface area contributed by atoms with Crippen LogP contribution in [0.1, 0.15) is 43.9 Å². The molecule has 0 aliphatic carbocycles. The van der Waals surface area contributed by atoms with Gasteiger partial charge in [-0.25, -0.2) is 0 Å². The monoisotopic (exact) mass is 572 g/mol. The van der Waals surface area contributed by atoms with Gasteiger partial charge in [-0.05, 0) is 44.4 Å². The zero-order valence-corrected chi connectivity index (χ0v) is 21.2. The van der Waals surface area contributed by atoms with Gasteiger partial charge in [-0.1, -0.05) is 12.1 Å². The van der Waals surface area contributed by atoms with Crippen LogP contribution in [-0.4, -0.2) is 70.0 Å². The summed E-state index contributed by atoms with van der Waals surface area (Å²) in [5, 5.41) is 6.57. The Bertz CT molecular complexity index is 654. The summed E-state index contributed by atoms with van der Waals surface area (Å²) in [6.45, 7) is 10.1. The lowest BCUT2D eigenvalue weighted by Crippen LogP contribution is -2.42. The highest BCUT2D eigenvalue weighted by Crippen LogP contribution is 2.31. The molecule has 10 heteroatoms. The van der Waals surface area contributed by atoms with Crippen molar-refractivity contribution in [3.05, 3.63) is 35.4 Å². The van der Waals surface area contributed by atoms with E-state index in [1.165, 1.54) is 0 Å². The molecule has 0 bridgehead atoms. The minimum atomic E-state index is -4.34. The molecular weight excluding hydrogens is 536 g/mol. The number of guanidine groups is 1. The maximum atomic E-state index is 13.0. The Morgan fingerprint density at radius 3 is 2.41 bits per heavy atom. The van der Waals surface area contributed by atoms with E-state index in [1.807, 2.05) is 13.8 Å². The second kappa shape index (κ2) is 15.7. The largest absolute Gasteiger partial charge is 0.416 e. The lowest BCUT2D eigenvalue weighted by Gasteiger charge is -2.34. The van der Waals surface area contributed by atoms with Crippen LogP contribution in [0, 0.1) is 0 Å². The van der Waals surface area contributed by atoms with E-state index in [9.17, 15) is 13.2 Å². The van der Waals surface area contributed by atoms with E-state index in [4.69, 9.17) is 14.5 Å². The van der Waals surface area contributed by atoms with Gasteiger partial charge in [0.2, 0.25) is 0 Å². The molecule has 1 saturated heterocycles. The molecule has 1 aliphatic rings. The van der Waals surface area contributed by atoms with Gasteiger partial charge in [0.25, 0.3) is 0 Å². The van der Waals surface area contributed by atoms with Crippen molar-refractivity contribution in [3.8, 4) is 0 Å². The van der Waals surface area contributed by atoms with E-state index in [2.05, 4.69) is 15.5 Å². The third-order valence-electron chi connectivity index (χ3n) is 5.09. The molecular formula is C22H36F3IN4O2. The van der Waals surface area contributed by atoms with Crippen LogP contribution in [0.2, 0.25) is 0 Å². The molecule has 1 aromatic rings. The summed E-state index contributed by atoms with van der Waals surface area (Å²) in [7, 11) is 0. The van der Waals surface area contributed by atoms with Crippen LogP contribution in [0.15, 0.2) is 29.3 Å². The molecule has 1 aromatic carbocycles. The molecule has 0 amide bonds. The number of aliphatic imine (C=N–C) groups is 1. The Morgan fingerprint density at radius 1 is 1.12 bits per heavy atom. The highest BCUT2D eigenvalue weighted by atomic mass is 127. The Hall–Kier alpha value is -1.11. The summed E-state index contributed by atoms with van der Waals surface area (Å²) in [5.74, 6) is 0.712. The number of hydrogen-bond acceptors (Lipinski definition) is 4. The third kappa shape index (κ3) is 10.2. The number of morpholine rings is 1. The van der Waals surface area contributed by atoms with Gasteiger partial charge < -0.3 is 20.1 Å². The average molecular weight is 572 g/mol. The van der Waals surface area contributed by atoms with Crippen LogP contribution in [0.5, 0.6) is 0 Å². The molecule has 32 heavy (non-hydrogen) atoms. The second-order valence-electron chi connectivity index (χ2n) is 7.33. The molecule has 1 unspecified atom stereocenters. The predicted octanol–water partition coefficient (Wildman–Crippen LogP) is 4.07. The van der Waals surface area contributed by atoms with Crippen molar-refractivity contribution in [1.29, 1.82) is 0 Å². The van der Waals surface area contributed by atoms with E-state index in [0.29, 0.717) is 25.7 Å². The molecule has 1 heterocycles. The number of nitrogens with zero attached hydrogens (tertiary/aromatic N) is 2. The topological polar surface area (TPSA) is 58.1 Å². The van der Waals surface area contributed by atoms with Crippen LogP contribution >= 0.6 is 24.0 Å². The zero-order chi connectivity index (χ0) is 22.5. The summed E-state index contributed by atoms with van der Waals surface area (Å²) < 4.78 is 49.7. The molecule has 0 saturated carbocycles. The lowest BCUT2D eigenvalue weighted by molar-refractivity contribution is -0.137. The summed E-state index contributed by atoms with van der Waals surface area (Å²) in [6, 6.07) is 5.31. The number of benzene rings is 1. The summed E-state index contributed by atoms with van der Waals surface area (Å²) in [4.78, 5) is 6.95. The highest BCUT2D eigenvalue weighted by molar-refractivity contribution is 14.0. The number of halogens is 4. The van der Waals surface area contributed by atoms with E-state index in [0.717, 1.165) is 69.9 Å². The smallest absolute Gasteiger partial charge is 0.382 e. The first-order valence-electron chi connectivity index (χ1n) is 11.0. The van der Waals surface area contributed by atoms with Crippen LogP contribution in [0.25, 0.3) is 0 Å². The van der Waals surface area contributed by atoms with Crippen molar-refractivity contribution in [3.63, 3.8) is 0 Å². The number of alkyl halides is 3. The van der Waals surface area contributed by atoms with Crippen molar-refractivity contribution in [1.82, 2.24) is 15.5 Å². The van der Waals surface area contributed by atoms with Gasteiger partial charge in [0, 0.05) is 39.4 Å². The molecule has 2 N–H and O–H groups in total. The van der Waals surface area contributed by atoms with Crippen LogP contribution in [0.4, 0.5) is 13.2 Å². The third-order valence-corrected chi connectivity index (χ3v) is 5.09. The van der Waals surface area contributed by atoms with E-state index in [-0.39, 0.29) is 30.0 Å². The Morgan fingerprint density at radius 2 is 1.81 bits per heavy atom. The predicted molar refractivity (Wildman–Crippen MR) is 132 cm³/mol. The van der Waals surface area contributed by atoms with E-state index >= 15 is 0 Å². The standard InChI is InChI=1S/C22H35F3N4O2.HI/c1-3-26-21(27-11-5-6-14-30-4-2)28-17-20(29-12-15-31-16-13-29)18-7-9-19(10-8-18)22(23,24)25;/h7-10,20H,3-6,11-17H2,1-2H3,(H2,26,27,28);1H. The number of ether oxygens (including phenoxy) is 2. The SMILES string of the molecule is CCNC(=NCC(c1ccc(C(F)(F)F)cc1)N1CCOCC1)NCCCCOCC.I. The van der Waals surface area contributed by atoms with Gasteiger partial charge in [0.1, 0.15) is 0 Å². The normalized spacial score (nSPS) is 16.3. The van der Waals surface area contributed by atoms with Gasteiger partial charge in [0.15, 0.2) is 5.96 Å². The van der Waals surface area contributed by atoms with Crippen LogP contribution < -0.4 is 10.6 Å². The minimum absolute atomic E-state index is 0. The first kappa shape index (κ1) is 28.9. The molecule has 0 spiro atoms. The highest BCUT2D eigenvalue weighted by Gasteiger charge is 2.31. The molecule has 1 aliphatic heterocycles. The number of rotatable bonds is 11. The van der Waals surface area contributed by atoms with Crippen molar-refractivity contribution in [2.24, 2.45) is 4.99 Å². The summed E-state index contributed by atoms with van der Waals surface area (Å²) in [6.07, 6.45) is -2.39. The van der Waals surface area contributed by atoms with Crippen molar-refractivity contribution < 1.29 is 22.6 Å². The Labute approximate surface area is 206 Å². The molecule has 1 atom stereocenters. The Balaban J connectivity index is 0.00000512. The fraction of sp³-hybridized carbons (Fsp3) is 0.682. The average Bonchev–Trinajstić information content (AvgIpc) is 2.76. The maximum Gasteiger partial charge on any atom is 0.416 e. The minimum Gasteiger partial charge on any atom is -0.382 e. The number of nitrogens with one attached hydrogen (secondary N) is 2. The van der Waals surface area contributed by atoms with Gasteiger partial charge in [-0.2, -0.15) is 13.2 Å². The van der Waals surface area contributed by atoms with Crippen LogP contribution in [-0.2, 0) is 15.7 Å². The quantitative estimate of drug-likeness (QED) is 0.181. The van der Waals surface area contributed by atoms with Crippen molar-refractivity contribution in [2.75, 3.05) is 59.2 Å². The van der Waals surface area contributed by atoms with Crippen molar-refractivity contribution in [2.45, 2.75) is 38.9 Å². The number of hydrogen-bond donors (Lipinski definition) is 2. The number of unbranched alkanes of at least 4 members (excludes halogenated alkanes) is 1. The fourth-order valence-electron chi connectivity index (χ4n) is 3.41. The van der Waals surface area contributed by atoms with E-state index in [1.54, 1.807) is 12.1 Å². The first-order chi connectivity index (χ1) is 15.0. The molecule has 6 nitrogen and oxygen atoms in total. The van der Waals surface area contributed by atoms with Gasteiger partial charge in [0.05, 0.1) is 31.4 Å². The van der Waals surface area contributed by atoms with Gasteiger partial charge in [-0.15, -0.1) is 24.0 Å². The Kier molecular flexibility index (Phi) is 14.2. The summed E-state index contributed by atoms with van der Waals surface area (Å²) in [5.41, 5.74) is 0.189. The zero-order valence-electron chi connectivity index (χ0n) is 18.9. The van der Waals surface area contributed by atoms with E-state index < -0.39 is 11.7 Å². The van der Waals surface area contributed by atoms with Gasteiger partial charge in [-0.3, -0.25) is 9.89 Å². The summed E-state index contributed by atoms with van der Waals surface area (Å²) >= 11 is 0. The maximum absolute atomic E-state index is 13.0. The molecule has 2 rings (SSSR count). The second-order valence-corrected chi connectivity index (χ2v) is 7.33. The van der Waals surface area contributed by atoms with Gasteiger partial charge >= 0.3 is 6.18 Å². The first-order valence-corrected chi connectivity index (χ1v) is 11.0. The molecule has 0 radical (unpaired) electrons. The molecule has 184 valence electrons. The lowest BCUT2D eigenvalue weighted by atomic mass is 10.0.